The van der Waals surface area contributed by atoms with Gasteiger partial charge >= 0.3 is 6.18 Å². The molecule has 1 N–H and O–H groups in total. The van der Waals surface area contributed by atoms with Crippen LogP contribution in [-0.2, 0) is 4.79 Å². The highest BCUT2D eigenvalue weighted by Gasteiger charge is 2.27. The predicted molar refractivity (Wildman–Crippen MR) is 44.7 cm³/mol. The van der Waals surface area contributed by atoms with Gasteiger partial charge in [-0.15, -0.1) is 0 Å². The molecule has 0 atom stereocenters. The summed E-state index contributed by atoms with van der Waals surface area (Å²) in [6.45, 7) is 1.63. The minimum absolute atomic E-state index is 0.00472. The molecule has 1 aliphatic heterocycles. The van der Waals surface area contributed by atoms with Gasteiger partial charge in [-0.25, -0.2) is 0 Å². The van der Waals surface area contributed by atoms with Crippen molar-refractivity contribution in [2.24, 2.45) is 0 Å². The highest BCUT2D eigenvalue weighted by molar-refractivity contribution is 5.78. The van der Waals surface area contributed by atoms with Gasteiger partial charge in [0.15, 0.2) is 0 Å². The fourth-order valence-electron chi connectivity index (χ4n) is 1.35. The van der Waals surface area contributed by atoms with Gasteiger partial charge in [-0.1, -0.05) is 0 Å². The van der Waals surface area contributed by atoms with Gasteiger partial charge in [-0.2, -0.15) is 13.2 Å². The smallest absolute Gasteiger partial charge is 0.340 e. The highest BCUT2D eigenvalue weighted by atomic mass is 19.4. The Balaban J connectivity index is 2.20. The number of hydrogen-bond acceptors (Lipinski definition) is 2. The maximum Gasteiger partial charge on any atom is 0.389 e. The van der Waals surface area contributed by atoms with Crippen molar-refractivity contribution in [3.8, 4) is 0 Å². The first-order chi connectivity index (χ1) is 6.49. The van der Waals surface area contributed by atoms with Crippen LogP contribution in [0, 0.1) is 0 Å². The molecule has 0 spiro atoms. The lowest BCUT2D eigenvalue weighted by Crippen LogP contribution is -2.48. The molecule has 0 aromatic rings. The lowest BCUT2D eigenvalue weighted by Gasteiger charge is -2.27. The molecule has 1 aliphatic rings. The number of piperazine rings is 1. The van der Waals surface area contributed by atoms with Crippen LogP contribution in [0.1, 0.15) is 12.8 Å². The van der Waals surface area contributed by atoms with Gasteiger partial charge < -0.3 is 10.2 Å². The maximum atomic E-state index is 11.8. The molecule has 14 heavy (non-hydrogen) atoms. The normalized spacial score (nSPS) is 18.8. The van der Waals surface area contributed by atoms with E-state index in [1.165, 1.54) is 4.90 Å². The van der Waals surface area contributed by atoms with Gasteiger partial charge in [0.25, 0.3) is 0 Å². The second-order valence-electron chi connectivity index (χ2n) is 3.28. The quantitative estimate of drug-likeness (QED) is 0.745. The maximum absolute atomic E-state index is 11.8. The third-order valence-electron chi connectivity index (χ3n) is 2.08. The first-order valence-corrected chi connectivity index (χ1v) is 4.54. The molecule has 82 valence electrons. The van der Waals surface area contributed by atoms with E-state index in [0.717, 1.165) is 0 Å². The topological polar surface area (TPSA) is 32.3 Å². The zero-order valence-electron chi connectivity index (χ0n) is 7.73. The first kappa shape index (κ1) is 11.3. The second-order valence-corrected chi connectivity index (χ2v) is 3.28. The number of rotatable bonds is 3. The SMILES string of the molecule is O=C1CNCCN1CCCC(F)(F)F. The fraction of sp³-hybridized carbons (Fsp3) is 0.875. The number of nitrogens with zero attached hydrogens (tertiary/aromatic N) is 1. The molecule has 1 saturated heterocycles. The summed E-state index contributed by atoms with van der Waals surface area (Å²) in [6, 6.07) is 0. The zero-order valence-corrected chi connectivity index (χ0v) is 7.73. The van der Waals surface area contributed by atoms with Crippen molar-refractivity contribution in [2.45, 2.75) is 19.0 Å². The van der Waals surface area contributed by atoms with Crippen molar-refractivity contribution in [3.05, 3.63) is 0 Å². The molecule has 1 fully saturated rings. The van der Waals surface area contributed by atoms with E-state index < -0.39 is 12.6 Å². The van der Waals surface area contributed by atoms with Crippen LogP contribution in [0.15, 0.2) is 0 Å². The molecule has 0 unspecified atom stereocenters. The van der Waals surface area contributed by atoms with Crippen molar-refractivity contribution in [1.82, 2.24) is 10.2 Å². The van der Waals surface area contributed by atoms with Crippen LogP contribution >= 0.6 is 0 Å². The monoisotopic (exact) mass is 210 g/mol. The first-order valence-electron chi connectivity index (χ1n) is 4.54. The highest BCUT2D eigenvalue weighted by Crippen LogP contribution is 2.21. The Morgan fingerprint density at radius 2 is 2.14 bits per heavy atom. The lowest BCUT2D eigenvalue weighted by molar-refractivity contribution is -0.140. The molecule has 0 bridgehead atoms. The Kier molecular flexibility index (Phi) is 3.74. The Labute approximate surface area is 80.3 Å². The van der Waals surface area contributed by atoms with Crippen molar-refractivity contribution in [2.75, 3.05) is 26.2 Å². The molecular formula is C8H13F3N2O. The molecule has 0 saturated carbocycles. The number of alkyl halides is 3. The third-order valence-corrected chi connectivity index (χ3v) is 2.08. The summed E-state index contributed by atoms with van der Waals surface area (Å²) >= 11 is 0. The molecular weight excluding hydrogens is 197 g/mol. The van der Waals surface area contributed by atoms with E-state index in [2.05, 4.69) is 5.32 Å². The van der Waals surface area contributed by atoms with Crippen molar-refractivity contribution in [1.29, 1.82) is 0 Å². The van der Waals surface area contributed by atoms with Gasteiger partial charge in [-0.05, 0) is 6.42 Å². The van der Waals surface area contributed by atoms with Gasteiger partial charge in [0.1, 0.15) is 0 Å². The zero-order chi connectivity index (χ0) is 10.6. The summed E-state index contributed by atoms with van der Waals surface area (Å²) in [5.41, 5.74) is 0. The number of carbonyl (C=O) groups is 1. The Morgan fingerprint density at radius 3 is 2.71 bits per heavy atom. The summed E-state index contributed by atoms with van der Waals surface area (Å²) in [5, 5.41) is 2.86. The fourth-order valence-corrected chi connectivity index (χ4v) is 1.35. The van der Waals surface area contributed by atoms with Crippen molar-refractivity contribution in [3.63, 3.8) is 0 Å². The predicted octanol–water partition coefficient (Wildman–Crippen LogP) is 0.761. The Bertz CT molecular complexity index is 205. The molecule has 0 aromatic carbocycles. The summed E-state index contributed by atoms with van der Waals surface area (Å²) < 4.78 is 35.4. The number of hydrogen-bond donors (Lipinski definition) is 1. The minimum atomic E-state index is -4.11. The van der Waals surface area contributed by atoms with E-state index in [-0.39, 0.29) is 25.4 Å². The van der Waals surface area contributed by atoms with Gasteiger partial charge in [-0.3, -0.25) is 4.79 Å². The van der Waals surface area contributed by atoms with Crippen LogP contribution in [0.25, 0.3) is 0 Å². The van der Waals surface area contributed by atoms with Gasteiger partial charge in [0.05, 0.1) is 6.54 Å². The molecule has 0 radical (unpaired) electrons. The lowest BCUT2D eigenvalue weighted by atomic mass is 10.2. The van der Waals surface area contributed by atoms with E-state index in [4.69, 9.17) is 0 Å². The van der Waals surface area contributed by atoms with Crippen LogP contribution in [0.2, 0.25) is 0 Å². The molecule has 3 nitrogen and oxygen atoms in total. The molecule has 1 rings (SSSR count). The molecule has 1 amide bonds. The van der Waals surface area contributed by atoms with Crippen LogP contribution in [0.3, 0.4) is 0 Å². The van der Waals surface area contributed by atoms with Crippen LogP contribution in [-0.4, -0.2) is 43.2 Å². The average Bonchev–Trinajstić information content (AvgIpc) is 2.06. The molecule has 6 heteroatoms. The standard InChI is InChI=1S/C8H13F3N2O/c9-8(10,11)2-1-4-13-5-3-12-6-7(13)14/h12H,1-6H2. The number of carbonyl (C=O) groups excluding carboxylic acids is 1. The van der Waals surface area contributed by atoms with E-state index in [9.17, 15) is 18.0 Å². The molecule has 1 heterocycles. The third kappa shape index (κ3) is 3.95. The van der Waals surface area contributed by atoms with Gasteiger partial charge in [0, 0.05) is 26.1 Å². The summed E-state index contributed by atoms with van der Waals surface area (Å²) in [6.07, 6.45) is -4.93. The number of amides is 1. The summed E-state index contributed by atoms with van der Waals surface area (Å²) in [4.78, 5) is 12.6. The molecule has 0 aliphatic carbocycles. The van der Waals surface area contributed by atoms with E-state index in [0.29, 0.717) is 13.1 Å². The van der Waals surface area contributed by atoms with E-state index in [1.54, 1.807) is 0 Å². The molecule has 0 aromatic heterocycles. The number of halogens is 3. The second kappa shape index (κ2) is 4.63. The number of nitrogens with one attached hydrogen (secondary N) is 1. The van der Waals surface area contributed by atoms with Crippen LogP contribution in [0.4, 0.5) is 13.2 Å². The van der Waals surface area contributed by atoms with E-state index in [1.807, 2.05) is 0 Å². The van der Waals surface area contributed by atoms with Crippen LogP contribution in [0.5, 0.6) is 0 Å². The largest absolute Gasteiger partial charge is 0.389 e. The van der Waals surface area contributed by atoms with Gasteiger partial charge in [0.2, 0.25) is 5.91 Å². The van der Waals surface area contributed by atoms with Crippen molar-refractivity contribution >= 4 is 5.91 Å². The summed E-state index contributed by atoms with van der Waals surface area (Å²) in [7, 11) is 0. The Morgan fingerprint density at radius 1 is 1.43 bits per heavy atom. The minimum Gasteiger partial charge on any atom is -0.340 e. The summed E-state index contributed by atoms with van der Waals surface area (Å²) in [5.74, 6) is -0.113. The Hall–Kier alpha value is -0.780. The van der Waals surface area contributed by atoms with Crippen molar-refractivity contribution < 1.29 is 18.0 Å². The van der Waals surface area contributed by atoms with Crippen LogP contribution < -0.4 is 5.32 Å². The average molecular weight is 210 g/mol. The van der Waals surface area contributed by atoms with E-state index >= 15 is 0 Å².